The lowest BCUT2D eigenvalue weighted by atomic mass is 10.3. The minimum Gasteiger partial charge on any atom is -0.422 e. The van der Waals surface area contributed by atoms with Crippen molar-refractivity contribution in [3.63, 3.8) is 0 Å². The van der Waals surface area contributed by atoms with E-state index in [0.29, 0.717) is 15.6 Å². The van der Waals surface area contributed by atoms with Gasteiger partial charge in [0, 0.05) is 10.4 Å². The first-order valence-corrected chi connectivity index (χ1v) is 8.83. The molecule has 0 atom stereocenters. The molecule has 0 spiro atoms. The van der Waals surface area contributed by atoms with Gasteiger partial charge in [0.1, 0.15) is 15.5 Å². The number of aromatic nitrogens is 2. The van der Waals surface area contributed by atoms with Gasteiger partial charge in [-0.15, -0.1) is 11.3 Å². The second-order valence-electron chi connectivity index (χ2n) is 5.51. The second kappa shape index (κ2) is 6.35. The number of carbonyl (C=O) groups excluding carboxylic acids is 1. The van der Waals surface area contributed by atoms with E-state index in [4.69, 9.17) is 16.3 Å². The molecule has 0 aliphatic rings. The minimum absolute atomic E-state index is 0.400. The van der Waals surface area contributed by atoms with E-state index in [0.717, 1.165) is 21.6 Å². The molecular formula is C19H13ClN2O2S. The van der Waals surface area contributed by atoms with Crippen molar-refractivity contribution in [1.82, 2.24) is 9.78 Å². The summed E-state index contributed by atoms with van der Waals surface area (Å²) in [7, 11) is 0. The van der Waals surface area contributed by atoms with Crippen molar-refractivity contribution in [2.75, 3.05) is 0 Å². The Bertz CT molecular complexity index is 1070. The summed E-state index contributed by atoms with van der Waals surface area (Å²) in [6.45, 7) is 1.93. The molecule has 2 aromatic carbocycles. The topological polar surface area (TPSA) is 44.1 Å². The van der Waals surface area contributed by atoms with Crippen LogP contribution in [0.4, 0.5) is 0 Å². The smallest absolute Gasteiger partial charge is 0.353 e. The molecule has 0 unspecified atom stereocenters. The van der Waals surface area contributed by atoms with E-state index in [-0.39, 0.29) is 0 Å². The number of ether oxygens (including phenoxy) is 1. The number of aryl methyl sites for hydroxylation is 1. The zero-order valence-electron chi connectivity index (χ0n) is 13.3. The molecule has 0 fully saturated rings. The van der Waals surface area contributed by atoms with Gasteiger partial charge in [0.05, 0.1) is 11.4 Å². The molecule has 6 heteroatoms. The maximum atomic E-state index is 12.5. The first-order valence-electron chi connectivity index (χ1n) is 7.64. The fraction of sp³-hybridized carbons (Fsp3) is 0.0526. The van der Waals surface area contributed by atoms with Crippen LogP contribution in [0.5, 0.6) is 5.75 Å². The van der Waals surface area contributed by atoms with Crippen molar-refractivity contribution in [2.45, 2.75) is 6.92 Å². The molecule has 0 saturated carbocycles. The van der Waals surface area contributed by atoms with Gasteiger partial charge in [0.25, 0.3) is 0 Å². The summed E-state index contributed by atoms with van der Waals surface area (Å²) in [5.41, 5.74) is 1.83. The molecular weight excluding hydrogens is 356 g/mol. The number of thiophene rings is 1. The molecule has 4 nitrogen and oxygen atoms in total. The first kappa shape index (κ1) is 15.9. The van der Waals surface area contributed by atoms with Gasteiger partial charge in [0.15, 0.2) is 0 Å². The highest BCUT2D eigenvalue weighted by Gasteiger charge is 2.18. The van der Waals surface area contributed by atoms with Crippen LogP contribution >= 0.6 is 22.9 Å². The summed E-state index contributed by atoms with van der Waals surface area (Å²) in [5, 5.41) is 6.05. The van der Waals surface area contributed by atoms with Crippen molar-refractivity contribution in [2.24, 2.45) is 0 Å². The van der Waals surface area contributed by atoms with E-state index in [1.54, 1.807) is 24.3 Å². The molecule has 0 saturated heterocycles. The third-order valence-electron chi connectivity index (χ3n) is 3.75. The Labute approximate surface area is 153 Å². The van der Waals surface area contributed by atoms with Crippen LogP contribution in [-0.2, 0) is 0 Å². The van der Waals surface area contributed by atoms with Crippen LogP contribution in [0.25, 0.3) is 15.9 Å². The van der Waals surface area contributed by atoms with Gasteiger partial charge in [-0.1, -0.05) is 35.9 Å². The lowest BCUT2D eigenvalue weighted by Gasteiger charge is -2.03. The highest BCUT2D eigenvalue weighted by atomic mass is 35.5. The Hall–Kier alpha value is -2.63. The maximum Gasteiger partial charge on any atom is 0.353 e. The average Bonchev–Trinajstić information content (AvgIpc) is 3.17. The lowest BCUT2D eigenvalue weighted by Crippen LogP contribution is -2.06. The van der Waals surface area contributed by atoms with Crippen molar-refractivity contribution < 1.29 is 9.53 Å². The van der Waals surface area contributed by atoms with E-state index >= 15 is 0 Å². The molecule has 2 heterocycles. The quantitative estimate of drug-likeness (QED) is 0.365. The number of halogens is 1. The van der Waals surface area contributed by atoms with Gasteiger partial charge in [-0.2, -0.15) is 5.10 Å². The number of esters is 1. The molecule has 0 N–H and O–H groups in total. The van der Waals surface area contributed by atoms with Gasteiger partial charge < -0.3 is 4.74 Å². The Morgan fingerprint density at radius 2 is 1.92 bits per heavy atom. The highest BCUT2D eigenvalue weighted by Crippen LogP contribution is 2.31. The van der Waals surface area contributed by atoms with E-state index in [1.165, 1.54) is 11.3 Å². The number of fused-ring (bicyclic) bond motifs is 1. The van der Waals surface area contributed by atoms with Crippen LogP contribution in [0, 0.1) is 6.92 Å². The Morgan fingerprint density at radius 3 is 2.68 bits per heavy atom. The highest BCUT2D eigenvalue weighted by molar-refractivity contribution is 7.20. The standard InChI is InChI=1S/C19H13ClN2O2S/c1-12-16-11-17(19(23)24-15-9-5-6-13(20)10-15)25-18(16)22(21-12)14-7-3-2-4-8-14/h2-11H,1H3. The van der Waals surface area contributed by atoms with E-state index < -0.39 is 5.97 Å². The van der Waals surface area contributed by atoms with Gasteiger partial charge in [-0.05, 0) is 43.3 Å². The molecule has 0 aliphatic heterocycles. The Kier molecular flexibility index (Phi) is 4.03. The summed E-state index contributed by atoms with van der Waals surface area (Å²) in [6.07, 6.45) is 0. The van der Waals surface area contributed by atoms with Crippen LogP contribution < -0.4 is 4.74 Å². The number of para-hydroxylation sites is 1. The number of rotatable bonds is 3. The average molecular weight is 369 g/mol. The van der Waals surface area contributed by atoms with Crippen LogP contribution in [0.1, 0.15) is 15.4 Å². The number of benzene rings is 2. The first-order chi connectivity index (χ1) is 12.1. The van der Waals surface area contributed by atoms with Gasteiger partial charge in [0.2, 0.25) is 0 Å². The summed E-state index contributed by atoms with van der Waals surface area (Å²) in [5.74, 6) is 0.0267. The number of carbonyl (C=O) groups is 1. The molecule has 2 aromatic heterocycles. The number of hydrogen-bond donors (Lipinski definition) is 0. The zero-order valence-corrected chi connectivity index (χ0v) is 14.8. The fourth-order valence-electron chi connectivity index (χ4n) is 2.58. The van der Waals surface area contributed by atoms with Crippen LogP contribution in [0.15, 0.2) is 60.7 Å². The van der Waals surface area contributed by atoms with Crippen molar-refractivity contribution in [1.29, 1.82) is 0 Å². The van der Waals surface area contributed by atoms with E-state index in [9.17, 15) is 4.79 Å². The maximum absolute atomic E-state index is 12.5. The third-order valence-corrected chi connectivity index (χ3v) is 5.08. The summed E-state index contributed by atoms with van der Waals surface area (Å²) in [6, 6.07) is 18.5. The predicted molar refractivity (Wildman–Crippen MR) is 100 cm³/mol. The lowest BCUT2D eigenvalue weighted by molar-refractivity contribution is 0.0740. The normalized spacial score (nSPS) is 11.0. The monoisotopic (exact) mass is 368 g/mol. The molecule has 4 rings (SSSR count). The minimum atomic E-state index is -0.400. The van der Waals surface area contributed by atoms with Crippen molar-refractivity contribution in [3.8, 4) is 11.4 Å². The van der Waals surface area contributed by atoms with Crippen molar-refractivity contribution >= 4 is 39.1 Å². The van der Waals surface area contributed by atoms with Gasteiger partial charge in [-0.3, -0.25) is 0 Å². The fourth-order valence-corrected chi connectivity index (χ4v) is 3.82. The zero-order chi connectivity index (χ0) is 17.4. The largest absolute Gasteiger partial charge is 0.422 e. The van der Waals surface area contributed by atoms with Crippen molar-refractivity contribution in [3.05, 3.63) is 76.3 Å². The second-order valence-corrected chi connectivity index (χ2v) is 6.98. The van der Waals surface area contributed by atoms with E-state index in [1.807, 2.05) is 48.0 Å². The van der Waals surface area contributed by atoms with Gasteiger partial charge in [-0.25, -0.2) is 9.48 Å². The molecule has 0 bridgehead atoms. The summed E-state index contributed by atoms with van der Waals surface area (Å²) >= 11 is 7.29. The van der Waals surface area contributed by atoms with Crippen LogP contribution in [0.3, 0.4) is 0 Å². The molecule has 0 aliphatic carbocycles. The number of nitrogens with zero attached hydrogens (tertiary/aromatic N) is 2. The van der Waals surface area contributed by atoms with Crippen LogP contribution in [0.2, 0.25) is 5.02 Å². The Morgan fingerprint density at radius 1 is 1.12 bits per heavy atom. The van der Waals surface area contributed by atoms with E-state index in [2.05, 4.69) is 5.10 Å². The molecule has 124 valence electrons. The molecule has 0 radical (unpaired) electrons. The summed E-state index contributed by atoms with van der Waals surface area (Å²) < 4.78 is 7.28. The van der Waals surface area contributed by atoms with Crippen LogP contribution in [-0.4, -0.2) is 15.7 Å². The Balaban J connectivity index is 1.71. The molecule has 25 heavy (non-hydrogen) atoms. The predicted octanol–water partition coefficient (Wildman–Crippen LogP) is 5.27. The molecule has 4 aromatic rings. The third kappa shape index (κ3) is 3.04. The van der Waals surface area contributed by atoms with Gasteiger partial charge >= 0.3 is 5.97 Å². The number of hydrogen-bond acceptors (Lipinski definition) is 4. The molecule has 0 amide bonds. The summed E-state index contributed by atoms with van der Waals surface area (Å²) in [4.78, 5) is 13.9. The SMILES string of the molecule is Cc1nn(-c2ccccc2)c2sc(C(=O)Oc3cccc(Cl)c3)cc12.